The fourth-order valence-corrected chi connectivity index (χ4v) is 4.65. The number of hydrogen-bond acceptors (Lipinski definition) is 4. The Labute approximate surface area is 199 Å². The maximum atomic E-state index is 14.3. The van der Waals surface area contributed by atoms with Crippen molar-refractivity contribution >= 4 is 35.9 Å². The minimum Gasteiger partial charge on any atom is -0.367 e. The number of fused-ring (bicyclic) bond motifs is 4. The van der Waals surface area contributed by atoms with Crippen molar-refractivity contribution in [3.63, 3.8) is 0 Å². The second kappa shape index (κ2) is 8.35. The van der Waals surface area contributed by atoms with Gasteiger partial charge in [-0.1, -0.05) is 0 Å². The number of H-pyrrole nitrogens is 1. The quantitative estimate of drug-likeness (QED) is 0.376. The van der Waals surface area contributed by atoms with E-state index < -0.39 is 17.5 Å². The normalized spacial score (nSPS) is 15.4. The van der Waals surface area contributed by atoms with E-state index in [0.29, 0.717) is 46.5 Å². The van der Waals surface area contributed by atoms with Gasteiger partial charge in [0.05, 0.1) is 23.6 Å². The lowest BCUT2D eigenvalue weighted by Crippen LogP contribution is -2.28. The number of pyridine rings is 1. The Morgan fingerprint density at radius 2 is 1.91 bits per heavy atom. The van der Waals surface area contributed by atoms with Crippen LogP contribution in [0.2, 0.25) is 0 Å². The Kier molecular flexibility index (Phi) is 5.47. The Morgan fingerprint density at radius 1 is 1.06 bits per heavy atom. The van der Waals surface area contributed by atoms with Crippen LogP contribution in [0.5, 0.6) is 0 Å². The lowest BCUT2D eigenvalue weighted by Gasteiger charge is -2.25. The van der Waals surface area contributed by atoms with Gasteiger partial charge in [-0.05, 0) is 43.9 Å². The molecule has 0 saturated heterocycles. The van der Waals surface area contributed by atoms with Crippen LogP contribution in [0.25, 0.3) is 27.8 Å². The Balaban J connectivity index is 0.00000241. The van der Waals surface area contributed by atoms with Gasteiger partial charge >= 0.3 is 0 Å². The number of nitrogens with one attached hydrogen (secondary N) is 2. The summed E-state index contributed by atoms with van der Waals surface area (Å²) < 4.78 is 43.6. The molecule has 4 aromatic heterocycles. The number of hydrogen-bond donors (Lipinski definition) is 2. The fourth-order valence-electron chi connectivity index (χ4n) is 4.65. The molecule has 2 N–H and O–H groups in total. The molecule has 1 atom stereocenters. The molecule has 1 aliphatic carbocycles. The lowest BCUT2D eigenvalue weighted by atomic mass is 9.91. The van der Waals surface area contributed by atoms with Crippen molar-refractivity contribution in [3.05, 3.63) is 77.1 Å². The smallest absolute Gasteiger partial charge is 0.160 e. The van der Waals surface area contributed by atoms with E-state index in [-0.39, 0.29) is 19.5 Å². The summed E-state index contributed by atoms with van der Waals surface area (Å²) >= 11 is 0. The highest BCUT2D eigenvalue weighted by Gasteiger charge is 2.25. The number of aromatic nitrogens is 5. The summed E-state index contributed by atoms with van der Waals surface area (Å²) in [5, 5.41) is 8.55. The predicted molar refractivity (Wildman–Crippen MR) is 129 cm³/mol. The zero-order chi connectivity index (χ0) is 22.7. The molecule has 0 aliphatic heterocycles. The molecule has 174 valence electrons. The van der Waals surface area contributed by atoms with E-state index in [4.69, 9.17) is 0 Å². The SMILES string of the molecule is Cc1cnn2c(N[C@H]3CCc4[nH]c5c(F)cc(F)cc5c4C3)cc(-c3cncc(F)c3)nc12.S. The zero-order valence-corrected chi connectivity index (χ0v) is 19.2. The van der Waals surface area contributed by atoms with Crippen LogP contribution in [0.1, 0.15) is 23.2 Å². The number of nitrogens with zero attached hydrogens (tertiary/aromatic N) is 4. The van der Waals surface area contributed by atoms with Crippen LogP contribution >= 0.6 is 13.5 Å². The largest absolute Gasteiger partial charge is 0.367 e. The number of aromatic amines is 1. The van der Waals surface area contributed by atoms with Gasteiger partial charge in [-0.25, -0.2) is 18.2 Å². The minimum atomic E-state index is -0.590. The van der Waals surface area contributed by atoms with Crippen LogP contribution in [0.4, 0.5) is 19.0 Å². The second-order valence-electron chi connectivity index (χ2n) is 8.46. The molecule has 1 aliphatic rings. The standard InChI is InChI=1S/C24H19F3N6.H2S/c1-12-9-29-33-22(8-21(32-24(12)33)13-4-15(26)11-28-10-13)30-16-2-3-20-17(7-16)18-5-14(25)6-19(27)23(18)31-20;/h4-6,8-11,16,30-31H,2-3,7H2,1H3;1H2/t16-;/m0./s1. The maximum Gasteiger partial charge on any atom is 0.160 e. The highest BCUT2D eigenvalue weighted by molar-refractivity contribution is 7.59. The summed E-state index contributed by atoms with van der Waals surface area (Å²) in [5.41, 5.74) is 4.89. The van der Waals surface area contributed by atoms with E-state index in [9.17, 15) is 13.2 Å². The molecule has 0 bridgehead atoms. The highest BCUT2D eigenvalue weighted by atomic mass is 32.1. The molecule has 0 unspecified atom stereocenters. The van der Waals surface area contributed by atoms with E-state index in [0.717, 1.165) is 35.5 Å². The van der Waals surface area contributed by atoms with Crippen molar-refractivity contribution in [3.8, 4) is 11.3 Å². The third kappa shape index (κ3) is 3.67. The summed E-state index contributed by atoms with van der Waals surface area (Å²) in [5.74, 6) is -0.904. The summed E-state index contributed by atoms with van der Waals surface area (Å²) in [6.45, 7) is 1.91. The van der Waals surface area contributed by atoms with Crippen molar-refractivity contribution in [2.75, 3.05) is 5.32 Å². The maximum absolute atomic E-state index is 14.3. The van der Waals surface area contributed by atoms with Gasteiger partial charge in [-0.15, -0.1) is 0 Å². The molecule has 0 saturated carbocycles. The highest BCUT2D eigenvalue weighted by Crippen LogP contribution is 2.33. The molecular weight excluding hydrogens is 461 g/mol. The first-order chi connectivity index (χ1) is 16.0. The monoisotopic (exact) mass is 482 g/mol. The van der Waals surface area contributed by atoms with Gasteiger partial charge in [-0.3, -0.25) is 4.98 Å². The first-order valence-corrected chi connectivity index (χ1v) is 10.7. The number of benzene rings is 1. The molecule has 0 amide bonds. The molecule has 10 heteroatoms. The van der Waals surface area contributed by atoms with E-state index >= 15 is 0 Å². The van der Waals surface area contributed by atoms with Crippen molar-refractivity contribution < 1.29 is 13.2 Å². The van der Waals surface area contributed by atoms with Gasteiger partial charge in [0.1, 0.15) is 23.3 Å². The third-order valence-electron chi connectivity index (χ3n) is 6.21. The lowest BCUT2D eigenvalue weighted by molar-refractivity contribution is 0.591. The van der Waals surface area contributed by atoms with Crippen molar-refractivity contribution in [1.82, 2.24) is 24.6 Å². The van der Waals surface area contributed by atoms with Crippen LogP contribution in [0.15, 0.2) is 42.9 Å². The van der Waals surface area contributed by atoms with E-state index in [1.807, 2.05) is 13.0 Å². The van der Waals surface area contributed by atoms with Gasteiger partial charge in [0.25, 0.3) is 0 Å². The minimum absolute atomic E-state index is 0. The van der Waals surface area contributed by atoms with Crippen LogP contribution < -0.4 is 5.32 Å². The third-order valence-corrected chi connectivity index (χ3v) is 6.21. The van der Waals surface area contributed by atoms with Crippen molar-refractivity contribution in [2.24, 2.45) is 0 Å². The summed E-state index contributed by atoms with van der Waals surface area (Å²) in [6.07, 6.45) is 6.54. The van der Waals surface area contributed by atoms with Crippen LogP contribution in [-0.2, 0) is 12.8 Å². The molecule has 0 radical (unpaired) electrons. The molecular formula is C24H21F3N6S. The Morgan fingerprint density at radius 3 is 2.74 bits per heavy atom. The molecule has 5 aromatic rings. The molecule has 0 fully saturated rings. The summed E-state index contributed by atoms with van der Waals surface area (Å²) in [4.78, 5) is 11.7. The van der Waals surface area contributed by atoms with Gasteiger partial charge in [0.15, 0.2) is 5.65 Å². The molecule has 6 nitrogen and oxygen atoms in total. The first kappa shape index (κ1) is 22.3. The van der Waals surface area contributed by atoms with Gasteiger partial charge < -0.3 is 10.3 Å². The molecule has 0 spiro atoms. The van der Waals surface area contributed by atoms with Crippen molar-refractivity contribution in [1.29, 1.82) is 0 Å². The predicted octanol–water partition coefficient (Wildman–Crippen LogP) is 5.08. The van der Waals surface area contributed by atoms with Gasteiger partial charge in [-0.2, -0.15) is 23.1 Å². The average Bonchev–Trinajstić information content (AvgIpc) is 3.35. The number of anilines is 1. The van der Waals surface area contributed by atoms with E-state index in [1.165, 1.54) is 12.1 Å². The number of halogens is 3. The Hall–Kier alpha value is -3.53. The fraction of sp³-hybridized carbons (Fsp3) is 0.208. The van der Waals surface area contributed by atoms with Crippen LogP contribution in [0, 0.1) is 24.4 Å². The Bertz CT molecular complexity index is 1540. The van der Waals surface area contributed by atoms with Gasteiger partial charge in [0.2, 0.25) is 0 Å². The van der Waals surface area contributed by atoms with E-state index in [2.05, 4.69) is 25.4 Å². The molecule has 34 heavy (non-hydrogen) atoms. The van der Waals surface area contributed by atoms with Crippen LogP contribution in [-0.4, -0.2) is 30.6 Å². The summed E-state index contributed by atoms with van der Waals surface area (Å²) in [6, 6.07) is 5.50. The van der Waals surface area contributed by atoms with Crippen LogP contribution in [0.3, 0.4) is 0 Å². The molecule has 4 heterocycles. The summed E-state index contributed by atoms with van der Waals surface area (Å²) in [7, 11) is 0. The first-order valence-electron chi connectivity index (χ1n) is 10.7. The number of rotatable bonds is 3. The molecule has 6 rings (SSSR count). The van der Waals surface area contributed by atoms with E-state index in [1.54, 1.807) is 16.9 Å². The second-order valence-corrected chi connectivity index (χ2v) is 8.46. The zero-order valence-electron chi connectivity index (χ0n) is 18.2. The van der Waals surface area contributed by atoms with Crippen molar-refractivity contribution in [2.45, 2.75) is 32.2 Å². The van der Waals surface area contributed by atoms with Gasteiger partial charge in [0, 0.05) is 46.6 Å². The average molecular weight is 483 g/mol. The number of aryl methyl sites for hydroxylation is 2. The molecule has 1 aromatic carbocycles. The topological polar surface area (TPSA) is 70.9 Å².